The van der Waals surface area contributed by atoms with Gasteiger partial charge in [0.15, 0.2) is 0 Å². The van der Waals surface area contributed by atoms with E-state index < -0.39 is 0 Å². The van der Waals surface area contributed by atoms with Crippen LogP contribution in [0, 0.1) is 6.92 Å². The summed E-state index contributed by atoms with van der Waals surface area (Å²) in [7, 11) is 0. The highest BCUT2D eigenvalue weighted by Gasteiger charge is 2.33. The molecule has 104 valence electrons. The van der Waals surface area contributed by atoms with E-state index >= 15 is 0 Å². The average Bonchev–Trinajstić information content (AvgIpc) is 2.78. The summed E-state index contributed by atoms with van der Waals surface area (Å²) in [6.45, 7) is 8.93. The Morgan fingerprint density at radius 1 is 1.16 bits per heavy atom. The topological polar surface area (TPSA) is 44.9 Å². The second-order valence-corrected chi connectivity index (χ2v) is 4.89. The molecule has 1 aromatic carbocycles. The molecular formula is C15H24N4. The minimum absolute atomic E-state index is 0.303. The minimum Gasteiger partial charge on any atom is -0.330 e. The lowest BCUT2D eigenvalue weighted by Gasteiger charge is -2.29. The van der Waals surface area contributed by atoms with Crippen molar-refractivity contribution in [2.24, 2.45) is 10.8 Å². The van der Waals surface area contributed by atoms with Crippen LogP contribution in [0.3, 0.4) is 0 Å². The first kappa shape index (κ1) is 14.0. The third-order valence-corrected chi connectivity index (χ3v) is 3.59. The van der Waals surface area contributed by atoms with Gasteiger partial charge in [-0.15, -0.1) is 0 Å². The Morgan fingerprint density at radius 3 is 2.37 bits per heavy atom. The van der Waals surface area contributed by atoms with Crippen molar-refractivity contribution in [3.8, 4) is 0 Å². The Bertz CT molecular complexity index is 438. The van der Waals surface area contributed by atoms with Crippen molar-refractivity contribution < 1.29 is 0 Å². The highest BCUT2D eigenvalue weighted by molar-refractivity contribution is 6.05. The summed E-state index contributed by atoms with van der Waals surface area (Å²) >= 11 is 0. The molecule has 4 nitrogen and oxygen atoms in total. The number of hydrazone groups is 1. The molecule has 0 fully saturated rings. The van der Waals surface area contributed by atoms with Gasteiger partial charge in [0.25, 0.3) is 0 Å². The molecule has 0 aromatic heterocycles. The van der Waals surface area contributed by atoms with Gasteiger partial charge in [-0.25, -0.2) is 5.12 Å². The molecule has 0 bridgehead atoms. The molecule has 0 amide bonds. The fourth-order valence-electron chi connectivity index (χ4n) is 2.60. The van der Waals surface area contributed by atoms with Gasteiger partial charge >= 0.3 is 0 Å². The Balaban J connectivity index is 2.32. The number of benzene rings is 1. The summed E-state index contributed by atoms with van der Waals surface area (Å²) in [5.74, 6) is 0. The predicted molar refractivity (Wildman–Crippen MR) is 79.9 cm³/mol. The lowest BCUT2D eigenvalue weighted by Crippen LogP contribution is -2.44. The third kappa shape index (κ3) is 2.80. The van der Waals surface area contributed by atoms with E-state index in [4.69, 9.17) is 10.8 Å². The maximum atomic E-state index is 5.78. The van der Waals surface area contributed by atoms with Gasteiger partial charge in [-0.3, -0.25) is 0 Å². The molecule has 1 aliphatic rings. The summed E-state index contributed by atoms with van der Waals surface area (Å²) in [6, 6.07) is 8.90. The molecule has 2 N–H and O–H groups in total. The Hall–Kier alpha value is -1.39. The highest BCUT2D eigenvalue weighted by Crippen LogP contribution is 2.22. The largest absolute Gasteiger partial charge is 0.330 e. The predicted octanol–water partition coefficient (Wildman–Crippen LogP) is 1.99. The minimum atomic E-state index is 0.303. The lowest BCUT2D eigenvalue weighted by molar-refractivity contribution is -0.0113. The van der Waals surface area contributed by atoms with Crippen LogP contribution in [0.1, 0.15) is 31.4 Å². The molecule has 0 saturated heterocycles. The van der Waals surface area contributed by atoms with Gasteiger partial charge in [-0.05, 0) is 32.4 Å². The number of hydrogen-bond donors (Lipinski definition) is 1. The first-order chi connectivity index (χ1) is 9.21. The zero-order valence-corrected chi connectivity index (χ0v) is 12.1. The van der Waals surface area contributed by atoms with Crippen LogP contribution in [0.5, 0.6) is 0 Å². The molecule has 1 atom stereocenters. The molecule has 1 aliphatic heterocycles. The van der Waals surface area contributed by atoms with Crippen LogP contribution < -0.4 is 5.73 Å². The number of hydrazine groups is 1. The molecule has 1 heterocycles. The smallest absolute Gasteiger partial charge is 0.0884 e. The van der Waals surface area contributed by atoms with Gasteiger partial charge in [-0.2, -0.15) is 10.1 Å². The monoisotopic (exact) mass is 260 g/mol. The van der Waals surface area contributed by atoms with Crippen LogP contribution in [-0.4, -0.2) is 41.5 Å². The molecule has 0 aliphatic carbocycles. The van der Waals surface area contributed by atoms with E-state index in [1.165, 1.54) is 11.1 Å². The molecule has 0 spiro atoms. The van der Waals surface area contributed by atoms with Crippen LogP contribution in [0.15, 0.2) is 29.4 Å². The standard InChI is InChI=1S/C15H24N4/c1-4-18-14(10-11-16)15(17-19(18)5-2)13-8-6-12(3)7-9-13/h6-9,14H,4-5,10-11,16H2,1-3H3. The van der Waals surface area contributed by atoms with Crippen molar-refractivity contribution in [2.45, 2.75) is 33.2 Å². The van der Waals surface area contributed by atoms with E-state index in [0.717, 1.165) is 25.2 Å². The van der Waals surface area contributed by atoms with Crippen molar-refractivity contribution >= 4 is 5.71 Å². The second-order valence-electron chi connectivity index (χ2n) is 4.89. The molecule has 19 heavy (non-hydrogen) atoms. The Labute approximate surface area is 115 Å². The molecule has 0 saturated carbocycles. The van der Waals surface area contributed by atoms with Crippen molar-refractivity contribution in [3.05, 3.63) is 35.4 Å². The van der Waals surface area contributed by atoms with Crippen LogP contribution in [0.2, 0.25) is 0 Å². The van der Waals surface area contributed by atoms with Crippen molar-refractivity contribution in [1.82, 2.24) is 10.1 Å². The van der Waals surface area contributed by atoms with Gasteiger partial charge in [0, 0.05) is 6.54 Å². The quantitative estimate of drug-likeness (QED) is 0.880. The Kier molecular flexibility index (Phi) is 4.56. The summed E-state index contributed by atoms with van der Waals surface area (Å²) in [6.07, 6.45) is 0.942. The summed E-state index contributed by atoms with van der Waals surface area (Å²) in [5.41, 5.74) is 9.41. The SMILES string of the molecule is CCN1N=C(c2ccc(C)cc2)C(CCN)N1CC. The molecule has 1 unspecified atom stereocenters. The van der Waals surface area contributed by atoms with E-state index in [1.54, 1.807) is 0 Å². The molecule has 1 aromatic rings. The van der Waals surface area contributed by atoms with Gasteiger partial charge in [0.2, 0.25) is 0 Å². The second kappa shape index (κ2) is 6.17. The van der Waals surface area contributed by atoms with Crippen LogP contribution >= 0.6 is 0 Å². The fourth-order valence-corrected chi connectivity index (χ4v) is 2.60. The van der Waals surface area contributed by atoms with Gasteiger partial charge < -0.3 is 5.73 Å². The van der Waals surface area contributed by atoms with Gasteiger partial charge in [0.1, 0.15) is 0 Å². The van der Waals surface area contributed by atoms with Gasteiger partial charge in [-0.1, -0.05) is 36.8 Å². The fraction of sp³-hybridized carbons (Fsp3) is 0.533. The average molecular weight is 260 g/mol. The molecular weight excluding hydrogens is 236 g/mol. The zero-order valence-electron chi connectivity index (χ0n) is 12.1. The van der Waals surface area contributed by atoms with Crippen LogP contribution in [0.4, 0.5) is 0 Å². The van der Waals surface area contributed by atoms with Crippen LogP contribution in [0.25, 0.3) is 0 Å². The van der Waals surface area contributed by atoms with Crippen molar-refractivity contribution in [3.63, 3.8) is 0 Å². The maximum Gasteiger partial charge on any atom is 0.0884 e. The lowest BCUT2D eigenvalue weighted by atomic mass is 9.99. The van der Waals surface area contributed by atoms with E-state index in [1.807, 2.05) is 0 Å². The van der Waals surface area contributed by atoms with Gasteiger partial charge in [0.05, 0.1) is 18.3 Å². The molecule has 0 radical (unpaired) electrons. The number of nitrogens with zero attached hydrogens (tertiary/aromatic N) is 3. The summed E-state index contributed by atoms with van der Waals surface area (Å²) in [4.78, 5) is 0. The normalized spacial score (nSPS) is 19.9. The maximum absolute atomic E-state index is 5.78. The molecule has 2 rings (SSSR count). The first-order valence-electron chi connectivity index (χ1n) is 7.11. The third-order valence-electron chi connectivity index (χ3n) is 3.59. The number of rotatable bonds is 5. The number of likely N-dealkylation sites (N-methyl/N-ethyl adjacent to an activating group) is 1. The molecule has 4 heteroatoms. The summed E-state index contributed by atoms with van der Waals surface area (Å²) < 4.78 is 0. The first-order valence-corrected chi connectivity index (χ1v) is 7.11. The Morgan fingerprint density at radius 2 is 1.84 bits per heavy atom. The van der Waals surface area contributed by atoms with E-state index in [0.29, 0.717) is 12.6 Å². The number of aryl methyl sites for hydroxylation is 1. The van der Waals surface area contributed by atoms with E-state index in [2.05, 4.69) is 55.2 Å². The van der Waals surface area contributed by atoms with E-state index in [-0.39, 0.29) is 0 Å². The van der Waals surface area contributed by atoms with Crippen molar-refractivity contribution in [1.29, 1.82) is 0 Å². The van der Waals surface area contributed by atoms with Crippen LogP contribution in [-0.2, 0) is 0 Å². The number of nitrogens with two attached hydrogens (primary N) is 1. The zero-order chi connectivity index (χ0) is 13.8. The summed E-state index contributed by atoms with van der Waals surface area (Å²) in [5, 5.41) is 9.15. The van der Waals surface area contributed by atoms with Crippen molar-refractivity contribution in [2.75, 3.05) is 19.6 Å². The van der Waals surface area contributed by atoms with E-state index in [9.17, 15) is 0 Å². The number of hydrogen-bond acceptors (Lipinski definition) is 4. The highest BCUT2D eigenvalue weighted by atomic mass is 15.8.